The molecule has 2 rings (SSSR count). The average Bonchev–Trinajstić information content (AvgIpc) is 2.14. The fourth-order valence-electron chi connectivity index (χ4n) is 1.65. The van der Waals surface area contributed by atoms with Crippen molar-refractivity contribution in [1.82, 2.24) is 4.57 Å². The van der Waals surface area contributed by atoms with Gasteiger partial charge in [0.2, 0.25) is 0 Å². The molecule has 72 valence electrons. The fourth-order valence-corrected chi connectivity index (χ4v) is 1.90. The van der Waals surface area contributed by atoms with Crippen molar-refractivity contribution < 1.29 is 4.39 Å². The molecule has 0 bridgehead atoms. The number of rotatable bonds is 0. The first-order chi connectivity index (χ1) is 6.61. The third-order valence-electron chi connectivity index (χ3n) is 2.34. The van der Waals surface area contributed by atoms with E-state index < -0.39 is 0 Å². The Labute approximate surface area is 86.8 Å². The zero-order chi connectivity index (χ0) is 10.3. The minimum Gasteiger partial charge on any atom is -0.350 e. The lowest BCUT2D eigenvalue weighted by atomic mass is 10.1. The van der Waals surface area contributed by atoms with Crippen LogP contribution in [-0.2, 0) is 7.05 Å². The highest BCUT2D eigenvalue weighted by Gasteiger charge is 2.05. The van der Waals surface area contributed by atoms with Gasteiger partial charge in [-0.05, 0) is 24.6 Å². The van der Waals surface area contributed by atoms with E-state index in [2.05, 4.69) is 0 Å². The summed E-state index contributed by atoms with van der Waals surface area (Å²) in [5.41, 5.74) is 1.76. The molecular formula is C11H10FNS. The highest BCUT2D eigenvalue weighted by Crippen LogP contribution is 2.20. The van der Waals surface area contributed by atoms with Gasteiger partial charge >= 0.3 is 0 Å². The first-order valence-electron chi connectivity index (χ1n) is 4.35. The van der Waals surface area contributed by atoms with Crippen molar-refractivity contribution in [2.75, 3.05) is 0 Å². The maximum absolute atomic E-state index is 13.5. The van der Waals surface area contributed by atoms with E-state index in [1.54, 1.807) is 6.07 Å². The Hall–Kier alpha value is -1.22. The van der Waals surface area contributed by atoms with Gasteiger partial charge in [-0.25, -0.2) is 4.39 Å². The quantitative estimate of drug-likeness (QED) is 0.600. The van der Waals surface area contributed by atoms with E-state index in [0.717, 1.165) is 11.1 Å². The molecule has 1 heterocycles. The van der Waals surface area contributed by atoms with Crippen LogP contribution in [0.3, 0.4) is 0 Å². The van der Waals surface area contributed by atoms with E-state index in [1.807, 2.05) is 30.8 Å². The van der Waals surface area contributed by atoms with Crippen LogP contribution in [0.1, 0.15) is 5.56 Å². The van der Waals surface area contributed by atoms with E-state index in [1.165, 1.54) is 6.07 Å². The van der Waals surface area contributed by atoms with Gasteiger partial charge in [0.05, 0.1) is 15.4 Å². The standard InChI is InChI=1S/C11H10FNS/c1-7-6-13(2)9-5-3-4-8(12)10(9)11(7)14/h3-6H,1-2H3. The molecule has 1 nitrogen and oxygen atoms in total. The Balaban J connectivity index is 3.11. The van der Waals surface area contributed by atoms with Crippen molar-refractivity contribution in [3.63, 3.8) is 0 Å². The SMILES string of the molecule is Cc1cn(C)c2cccc(F)c2c1=S. The topological polar surface area (TPSA) is 4.93 Å². The molecule has 0 radical (unpaired) electrons. The minimum absolute atomic E-state index is 0.244. The van der Waals surface area contributed by atoms with Crippen LogP contribution in [-0.4, -0.2) is 4.57 Å². The van der Waals surface area contributed by atoms with Crippen LogP contribution in [0.5, 0.6) is 0 Å². The number of halogens is 1. The summed E-state index contributed by atoms with van der Waals surface area (Å²) < 4.78 is 16.0. The Morgan fingerprint density at radius 3 is 2.79 bits per heavy atom. The second kappa shape index (κ2) is 3.17. The molecule has 1 aromatic carbocycles. The number of hydrogen-bond donors (Lipinski definition) is 0. The second-order valence-electron chi connectivity index (χ2n) is 3.39. The molecule has 0 aliphatic carbocycles. The largest absolute Gasteiger partial charge is 0.350 e. The number of aromatic nitrogens is 1. The van der Waals surface area contributed by atoms with Crippen LogP contribution in [0.15, 0.2) is 24.4 Å². The molecule has 0 fully saturated rings. The minimum atomic E-state index is -0.244. The van der Waals surface area contributed by atoms with E-state index in [-0.39, 0.29) is 5.82 Å². The number of fused-ring (bicyclic) bond motifs is 1. The number of hydrogen-bond acceptors (Lipinski definition) is 1. The Kier molecular flexibility index (Phi) is 2.11. The smallest absolute Gasteiger partial charge is 0.133 e. The van der Waals surface area contributed by atoms with Gasteiger partial charge in [0.15, 0.2) is 0 Å². The number of aryl methyl sites for hydroxylation is 2. The van der Waals surface area contributed by atoms with E-state index in [4.69, 9.17) is 12.2 Å². The van der Waals surface area contributed by atoms with Crippen LogP contribution < -0.4 is 0 Å². The molecule has 0 N–H and O–H groups in total. The molecule has 0 amide bonds. The van der Waals surface area contributed by atoms with Gasteiger partial charge in [0.1, 0.15) is 5.82 Å². The Morgan fingerprint density at radius 2 is 2.07 bits per heavy atom. The highest BCUT2D eigenvalue weighted by atomic mass is 32.1. The van der Waals surface area contributed by atoms with Gasteiger partial charge in [-0.1, -0.05) is 18.3 Å². The van der Waals surface area contributed by atoms with Gasteiger partial charge < -0.3 is 4.57 Å². The zero-order valence-corrected chi connectivity index (χ0v) is 8.86. The summed E-state index contributed by atoms with van der Waals surface area (Å²) in [6.07, 6.45) is 1.92. The molecular weight excluding hydrogens is 197 g/mol. The van der Waals surface area contributed by atoms with E-state index in [0.29, 0.717) is 9.90 Å². The second-order valence-corrected chi connectivity index (χ2v) is 3.79. The van der Waals surface area contributed by atoms with Crippen LogP contribution in [0.25, 0.3) is 10.9 Å². The molecule has 0 atom stereocenters. The van der Waals surface area contributed by atoms with Crippen molar-refractivity contribution >= 4 is 23.1 Å². The number of benzene rings is 1. The Bertz CT molecular complexity index is 557. The van der Waals surface area contributed by atoms with Gasteiger partial charge in [-0.15, -0.1) is 0 Å². The van der Waals surface area contributed by atoms with Crippen molar-refractivity contribution in [3.8, 4) is 0 Å². The normalized spacial score (nSPS) is 10.8. The van der Waals surface area contributed by atoms with Crippen molar-refractivity contribution in [1.29, 1.82) is 0 Å². The van der Waals surface area contributed by atoms with Crippen LogP contribution in [0.2, 0.25) is 0 Å². The summed E-state index contributed by atoms with van der Waals surface area (Å²) in [7, 11) is 1.89. The molecule has 0 unspecified atom stereocenters. The predicted molar refractivity (Wildman–Crippen MR) is 58.4 cm³/mol. The third-order valence-corrected chi connectivity index (χ3v) is 2.87. The summed E-state index contributed by atoms with van der Waals surface area (Å²) >= 11 is 5.19. The van der Waals surface area contributed by atoms with E-state index in [9.17, 15) is 4.39 Å². The third kappa shape index (κ3) is 1.24. The lowest BCUT2D eigenvalue weighted by Crippen LogP contribution is -1.96. The van der Waals surface area contributed by atoms with Crippen LogP contribution in [0, 0.1) is 17.3 Å². The zero-order valence-electron chi connectivity index (χ0n) is 8.04. The molecule has 0 saturated heterocycles. The van der Waals surface area contributed by atoms with Gasteiger partial charge in [-0.2, -0.15) is 0 Å². The number of pyridine rings is 1. The lowest BCUT2D eigenvalue weighted by molar-refractivity contribution is 0.638. The summed E-state index contributed by atoms with van der Waals surface area (Å²) in [6, 6.07) is 5.01. The molecule has 0 saturated carbocycles. The van der Waals surface area contributed by atoms with E-state index >= 15 is 0 Å². The van der Waals surface area contributed by atoms with Crippen LogP contribution >= 0.6 is 12.2 Å². The first-order valence-corrected chi connectivity index (χ1v) is 4.76. The average molecular weight is 207 g/mol. The summed E-state index contributed by atoms with van der Waals surface area (Å²) in [6.45, 7) is 1.90. The molecule has 1 aromatic heterocycles. The maximum atomic E-state index is 13.5. The molecule has 0 aliphatic heterocycles. The van der Waals surface area contributed by atoms with Gasteiger partial charge in [-0.3, -0.25) is 0 Å². The Morgan fingerprint density at radius 1 is 1.36 bits per heavy atom. The first kappa shape index (κ1) is 9.34. The maximum Gasteiger partial charge on any atom is 0.133 e. The van der Waals surface area contributed by atoms with Crippen molar-refractivity contribution in [3.05, 3.63) is 40.3 Å². The molecule has 2 aromatic rings. The fraction of sp³-hybridized carbons (Fsp3) is 0.182. The van der Waals surface area contributed by atoms with Gasteiger partial charge in [0.25, 0.3) is 0 Å². The highest BCUT2D eigenvalue weighted by molar-refractivity contribution is 7.71. The van der Waals surface area contributed by atoms with Crippen LogP contribution in [0.4, 0.5) is 4.39 Å². The monoisotopic (exact) mass is 207 g/mol. The molecule has 3 heteroatoms. The lowest BCUT2D eigenvalue weighted by Gasteiger charge is -2.08. The molecule has 0 spiro atoms. The van der Waals surface area contributed by atoms with Gasteiger partial charge in [0, 0.05) is 13.2 Å². The summed E-state index contributed by atoms with van der Waals surface area (Å²) in [5.74, 6) is -0.244. The summed E-state index contributed by atoms with van der Waals surface area (Å²) in [5, 5.41) is 0.546. The molecule has 14 heavy (non-hydrogen) atoms. The van der Waals surface area contributed by atoms with Crippen molar-refractivity contribution in [2.24, 2.45) is 7.05 Å². The summed E-state index contributed by atoms with van der Waals surface area (Å²) in [4.78, 5) is 0. The molecule has 0 aliphatic rings. The van der Waals surface area contributed by atoms with Crippen molar-refractivity contribution in [2.45, 2.75) is 6.92 Å². The predicted octanol–water partition coefficient (Wildman–Crippen LogP) is 3.36. The number of nitrogens with zero attached hydrogens (tertiary/aromatic N) is 1.